The molecule has 1 saturated heterocycles. The molecule has 2 aliphatic heterocycles. The SMILES string of the molecule is CN(C)[C@@H]1CCN(c2ccc(N3CCc4cc(C#CC(N)=O)ccc4C3=O)cc2F)C1. The molecule has 4 rings (SSSR count). The standard InChI is InChI=1S/C24H25FN4O2/c1-27(2)19-10-11-28(15-19)22-7-5-18(14-21(22)25)29-12-9-17-13-16(4-8-23(26)30)3-6-20(17)24(29)31/h3,5-7,13-14,19H,9-12,15H2,1-2H3,(H2,26,30)/t19-/m1/s1. The zero-order chi connectivity index (χ0) is 22.1. The van der Waals surface area contributed by atoms with Crippen LogP contribution in [0.2, 0.25) is 0 Å². The number of benzene rings is 2. The lowest BCUT2D eigenvalue weighted by atomic mass is 9.96. The second kappa shape index (κ2) is 8.40. The van der Waals surface area contributed by atoms with Crippen molar-refractivity contribution in [1.29, 1.82) is 0 Å². The van der Waals surface area contributed by atoms with Crippen molar-refractivity contribution in [3.05, 3.63) is 58.9 Å². The lowest BCUT2D eigenvalue weighted by Gasteiger charge is -2.29. The molecule has 2 aromatic carbocycles. The summed E-state index contributed by atoms with van der Waals surface area (Å²) in [4.78, 5) is 29.7. The van der Waals surface area contributed by atoms with Crippen LogP contribution in [-0.4, -0.2) is 56.5 Å². The Balaban J connectivity index is 1.54. The van der Waals surface area contributed by atoms with Crippen LogP contribution < -0.4 is 15.5 Å². The molecule has 1 fully saturated rings. The summed E-state index contributed by atoms with van der Waals surface area (Å²) < 4.78 is 15.0. The molecular formula is C24H25FN4O2. The predicted molar refractivity (Wildman–Crippen MR) is 119 cm³/mol. The number of carbonyl (C=O) groups is 2. The number of hydrogen-bond donors (Lipinski definition) is 1. The molecule has 160 valence electrons. The summed E-state index contributed by atoms with van der Waals surface area (Å²) in [7, 11) is 4.08. The highest BCUT2D eigenvalue weighted by molar-refractivity contribution is 6.08. The van der Waals surface area contributed by atoms with Crippen molar-refractivity contribution < 1.29 is 14.0 Å². The average Bonchev–Trinajstić information content (AvgIpc) is 3.22. The highest BCUT2D eigenvalue weighted by Gasteiger charge is 2.28. The number of nitrogens with two attached hydrogens (primary N) is 1. The Bertz CT molecular complexity index is 1100. The largest absolute Gasteiger partial charge is 0.368 e. The molecule has 2 aromatic rings. The molecule has 2 heterocycles. The minimum absolute atomic E-state index is 0.170. The van der Waals surface area contributed by atoms with Gasteiger partial charge in [-0.05, 0) is 74.8 Å². The zero-order valence-corrected chi connectivity index (χ0v) is 17.7. The Kier molecular flexibility index (Phi) is 5.66. The van der Waals surface area contributed by atoms with Crippen LogP contribution in [0.15, 0.2) is 36.4 Å². The van der Waals surface area contributed by atoms with Gasteiger partial charge in [0, 0.05) is 42.5 Å². The number of halogens is 1. The van der Waals surface area contributed by atoms with Gasteiger partial charge in [0.1, 0.15) is 5.82 Å². The summed E-state index contributed by atoms with van der Waals surface area (Å²) in [6.45, 7) is 2.06. The number of carbonyl (C=O) groups excluding carboxylic acids is 2. The fourth-order valence-corrected chi connectivity index (χ4v) is 4.25. The Morgan fingerprint density at radius 2 is 2.00 bits per heavy atom. The molecule has 7 heteroatoms. The van der Waals surface area contributed by atoms with E-state index in [1.807, 2.05) is 20.2 Å². The number of anilines is 2. The summed E-state index contributed by atoms with van der Waals surface area (Å²) in [6, 6.07) is 10.6. The maximum Gasteiger partial charge on any atom is 0.293 e. The van der Waals surface area contributed by atoms with Crippen molar-refractivity contribution in [2.24, 2.45) is 5.73 Å². The minimum Gasteiger partial charge on any atom is -0.368 e. The van der Waals surface area contributed by atoms with Crippen molar-refractivity contribution >= 4 is 23.2 Å². The molecule has 31 heavy (non-hydrogen) atoms. The normalized spacial score (nSPS) is 18.1. The van der Waals surface area contributed by atoms with Gasteiger partial charge < -0.3 is 20.4 Å². The zero-order valence-electron chi connectivity index (χ0n) is 17.7. The Labute approximate surface area is 181 Å². The van der Waals surface area contributed by atoms with E-state index in [1.165, 1.54) is 6.07 Å². The van der Waals surface area contributed by atoms with Gasteiger partial charge in [0.2, 0.25) is 0 Å². The van der Waals surface area contributed by atoms with Crippen LogP contribution in [-0.2, 0) is 11.2 Å². The third-order valence-electron chi connectivity index (χ3n) is 5.99. The van der Waals surface area contributed by atoms with E-state index in [0.29, 0.717) is 41.5 Å². The van der Waals surface area contributed by atoms with E-state index in [-0.39, 0.29) is 11.7 Å². The number of likely N-dealkylation sites (N-methyl/N-ethyl adjacent to an activating group) is 1. The molecule has 0 radical (unpaired) electrons. The second-order valence-corrected chi connectivity index (χ2v) is 8.18. The van der Waals surface area contributed by atoms with E-state index in [1.54, 1.807) is 29.2 Å². The highest BCUT2D eigenvalue weighted by atomic mass is 19.1. The summed E-state index contributed by atoms with van der Waals surface area (Å²) in [5.74, 6) is 3.82. The molecule has 6 nitrogen and oxygen atoms in total. The first-order chi connectivity index (χ1) is 14.8. The second-order valence-electron chi connectivity index (χ2n) is 8.18. The predicted octanol–water partition coefficient (Wildman–Crippen LogP) is 2.01. The van der Waals surface area contributed by atoms with Gasteiger partial charge in [-0.2, -0.15) is 0 Å². The van der Waals surface area contributed by atoms with Crippen LogP contribution in [0.1, 0.15) is 27.9 Å². The van der Waals surface area contributed by atoms with Gasteiger partial charge in [-0.25, -0.2) is 4.39 Å². The number of primary amides is 1. The highest BCUT2D eigenvalue weighted by Crippen LogP contribution is 2.31. The van der Waals surface area contributed by atoms with Gasteiger partial charge in [-0.1, -0.05) is 5.92 Å². The molecular weight excluding hydrogens is 395 g/mol. The molecule has 2 N–H and O–H groups in total. The van der Waals surface area contributed by atoms with Crippen molar-refractivity contribution in [2.75, 3.05) is 43.5 Å². The Hall–Kier alpha value is -3.37. The van der Waals surface area contributed by atoms with Crippen LogP contribution in [0.3, 0.4) is 0 Å². The number of hydrogen-bond acceptors (Lipinski definition) is 4. The van der Waals surface area contributed by atoms with Crippen LogP contribution >= 0.6 is 0 Å². The maximum atomic E-state index is 15.0. The lowest BCUT2D eigenvalue weighted by Crippen LogP contribution is -2.37. The molecule has 0 aliphatic carbocycles. The van der Waals surface area contributed by atoms with Gasteiger partial charge in [0.15, 0.2) is 0 Å². The molecule has 1 atom stereocenters. The van der Waals surface area contributed by atoms with Crippen molar-refractivity contribution in [2.45, 2.75) is 18.9 Å². The number of fused-ring (bicyclic) bond motifs is 1. The van der Waals surface area contributed by atoms with E-state index < -0.39 is 5.91 Å². The smallest absolute Gasteiger partial charge is 0.293 e. The summed E-state index contributed by atoms with van der Waals surface area (Å²) in [5.41, 5.74) is 8.25. The molecule has 0 spiro atoms. The minimum atomic E-state index is -0.698. The monoisotopic (exact) mass is 420 g/mol. The van der Waals surface area contributed by atoms with E-state index in [4.69, 9.17) is 5.73 Å². The number of rotatable bonds is 3. The first-order valence-corrected chi connectivity index (χ1v) is 10.3. The third-order valence-corrected chi connectivity index (χ3v) is 5.99. The van der Waals surface area contributed by atoms with Crippen LogP contribution in [0.5, 0.6) is 0 Å². The van der Waals surface area contributed by atoms with E-state index >= 15 is 0 Å². The Morgan fingerprint density at radius 3 is 2.68 bits per heavy atom. The first kappa shape index (κ1) is 20.9. The topological polar surface area (TPSA) is 69.9 Å². The molecule has 0 saturated carbocycles. The van der Waals surface area contributed by atoms with Crippen LogP contribution in [0, 0.1) is 17.7 Å². The Morgan fingerprint density at radius 1 is 1.19 bits per heavy atom. The lowest BCUT2D eigenvalue weighted by molar-refractivity contribution is -0.112. The molecule has 2 amide bonds. The van der Waals surface area contributed by atoms with Crippen LogP contribution in [0.4, 0.5) is 15.8 Å². The fourth-order valence-electron chi connectivity index (χ4n) is 4.25. The van der Waals surface area contributed by atoms with E-state index in [0.717, 1.165) is 25.1 Å². The van der Waals surface area contributed by atoms with Gasteiger partial charge in [-0.3, -0.25) is 9.59 Å². The maximum absolute atomic E-state index is 15.0. The molecule has 0 aromatic heterocycles. The van der Waals surface area contributed by atoms with Gasteiger partial charge >= 0.3 is 0 Å². The molecule has 2 aliphatic rings. The van der Waals surface area contributed by atoms with Gasteiger partial charge in [0.25, 0.3) is 11.8 Å². The fraction of sp³-hybridized carbons (Fsp3) is 0.333. The van der Waals surface area contributed by atoms with Crippen molar-refractivity contribution in [3.63, 3.8) is 0 Å². The van der Waals surface area contributed by atoms with E-state index in [2.05, 4.69) is 21.6 Å². The number of nitrogens with zero attached hydrogens (tertiary/aromatic N) is 3. The third kappa shape index (κ3) is 4.25. The van der Waals surface area contributed by atoms with Gasteiger partial charge in [0.05, 0.1) is 5.69 Å². The molecule has 0 bridgehead atoms. The summed E-state index contributed by atoms with van der Waals surface area (Å²) in [5, 5.41) is 0. The summed E-state index contributed by atoms with van der Waals surface area (Å²) in [6.07, 6.45) is 1.62. The van der Waals surface area contributed by atoms with Gasteiger partial charge in [-0.15, -0.1) is 0 Å². The number of amides is 2. The molecule has 0 unspecified atom stereocenters. The van der Waals surface area contributed by atoms with Crippen LogP contribution in [0.25, 0.3) is 0 Å². The quantitative estimate of drug-likeness (QED) is 0.772. The van der Waals surface area contributed by atoms with Crippen molar-refractivity contribution in [3.8, 4) is 11.8 Å². The average molecular weight is 420 g/mol. The van der Waals surface area contributed by atoms with Crippen molar-refractivity contribution in [1.82, 2.24) is 4.90 Å². The summed E-state index contributed by atoms with van der Waals surface area (Å²) >= 11 is 0. The van der Waals surface area contributed by atoms with E-state index in [9.17, 15) is 14.0 Å². The first-order valence-electron chi connectivity index (χ1n) is 10.3.